The number of pyridine rings is 1. The average molecular weight is 477 g/mol. The summed E-state index contributed by atoms with van der Waals surface area (Å²) in [4.78, 5) is 19.1. The van der Waals surface area contributed by atoms with Crippen LogP contribution in [0, 0.1) is 25.1 Å². The van der Waals surface area contributed by atoms with Gasteiger partial charge < -0.3 is 10.0 Å². The summed E-state index contributed by atoms with van der Waals surface area (Å²) in [7, 11) is 1.57. The molecule has 0 amide bonds. The normalized spacial score (nSPS) is 13.4. The summed E-state index contributed by atoms with van der Waals surface area (Å²) in [6, 6.07) is 11.2. The highest BCUT2D eigenvalue weighted by Gasteiger charge is 2.19. The molecule has 2 aromatic heterocycles. The van der Waals surface area contributed by atoms with Crippen LogP contribution in [0.25, 0.3) is 27.9 Å². The van der Waals surface area contributed by atoms with Crippen molar-refractivity contribution in [3.8, 4) is 33.7 Å². The zero-order valence-electron chi connectivity index (χ0n) is 18.8. The third kappa shape index (κ3) is 3.91. The van der Waals surface area contributed by atoms with Crippen LogP contribution in [0.4, 0.5) is 10.2 Å². The Bertz CT molecular complexity index is 1450. The zero-order chi connectivity index (χ0) is 24.0. The van der Waals surface area contributed by atoms with Crippen molar-refractivity contribution in [3.05, 3.63) is 81.9 Å². The van der Waals surface area contributed by atoms with Crippen molar-refractivity contribution in [2.45, 2.75) is 19.8 Å². The van der Waals surface area contributed by atoms with Gasteiger partial charge in [0.2, 0.25) is 0 Å². The molecule has 172 valence electrons. The second-order valence-corrected chi connectivity index (χ2v) is 8.87. The third-order valence-electron chi connectivity index (χ3n) is 6.06. The van der Waals surface area contributed by atoms with E-state index in [-0.39, 0.29) is 16.5 Å². The van der Waals surface area contributed by atoms with Gasteiger partial charge in [-0.2, -0.15) is 0 Å². The van der Waals surface area contributed by atoms with Crippen LogP contribution in [0.1, 0.15) is 18.5 Å². The van der Waals surface area contributed by atoms with Gasteiger partial charge in [-0.3, -0.25) is 4.57 Å². The molecule has 34 heavy (non-hydrogen) atoms. The van der Waals surface area contributed by atoms with Gasteiger partial charge >= 0.3 is 5.69 Å². The van der Waals surface area contributed by atoms with Gasteiger partial charge in [-0.25, -0.2) is 18.7 Å². The second-order valence-electron chi connectivity index (χ2n) is 8.47. The number of phenolic OH excluding ortho intramolecular Hbond substituents is 1. The van der Waals surface area contributed by atoms with Gasteiger partial charge in [0.05, 0.1) is 10.7 Å². The first-order chi connectivity index (χ1) is 16.3. The predicted molar refractivity (Wildman–Crippen MR) is 130 cm³/mol. The van der Waals surface area contributed by atoms with E-state index in [2.05, 4.69) is 22.3 Å². The fraction of sp³-hybridized carbons (Fsp3) is 0.231. The highest BCUT2D eigenvalue weighted by Crippen LogP contribution is 2.41. The van der Waals surface area contributed by atoms with Gasteiger partial charge in [0.25, 0.3) is 0 Å². The number of anilines is 1. The van der Waals surface area contributed by atoms with E-state index in [0.717, 1.165) is 37.4 Å². The Morgan fingerprint density at radius 1 is 1.03 bits per heavy atom. The molecule has 0 saturated carbocycles. The van der Waals surface area contributed by atoms with Crippen molar-refractivity contribution in [2.24, 2.45) is 7.05 Å². The number of benzene rings is 2. The molecule has 1 N–H and O–H groups in total. The van der Waals surface area contributed by atoms with Crippen LogP contribution < -0.4 is 10.6 Å². The van der Waals surface area contributed by atoms with Gasteiger partial charge in [-0.05, 0) is 67.3 Å². The summed E-state index contributed by atoms with van der Waals surface area (Å²) < 4.78 is 17.3. The van der Waals surface area contributed by atoms with Crippen LogP contribution >= 0.6 is 11.6 Å². The number of aromatic nitrogens is 3. The fourth-order valence-electron chi connectivity index (χ4n) is 4.34. The van der Waals surface area contributed by atoms with E-state index in [0.29, 0.717) is 27.9 Å². The Hall–Kier alpha value is -3.76. The standard InChI is InChI=1S/C26H22ClFN4O2/c1-16-11-18(13-24(29-16)31-7-3-4-8-31)21-15-19(28)14-20(25(21)33)17-5-6-23(22(27)12-17)32-10-9-30(2)26(32)34/h5-6,11-15,33H,3-4,7-8H2,1-2H3. The lowest BCUT2D eigenvalue weighted by Gasteiger charge is -2.19. The molecule has 4 aromatic rings. The second kappa shape index (κ2) is 8.54. The van der Waals surface area contributed by atoms with Crippen LogP contribution in [0.2, 0.25) is 5.02 Å². The molecule has 0 bridgehead atoms. The smallest absolute Gasteiger partial charge is 0.347 e. The first-order valence-corrected chi connectivity index (χ1v) is 11.3. The van der Waals surface area contributed by atoms with Crippen molar-refractivity contribution >= 4 is 17.4 Å². The summed E-state index contributed by atoms with van der Waals surface area (Å²) in [5, 5.41) is 11.4. The van der Waals surface area contributed by atoms with E-state index >= 15 is 0 Å². The van der Waals surface area contributed by atoms with Crippen LogP contribution in [-0.2, 0) is 7.05 Å². The highest BCUT2D eigenvalue weighted by atomic mass is 35.5. The first kappa shape index (κ1) is 22.1. The number of aromatic hydroxyl groups is 1. The van der Waals surface area contributed by atoms with Crippen LogP contribution in [0.3, 0.4) is 0 Å². The largest absolute Gasteiger partial charge is 0.507 e. The maximum atomic E-state index is 14.8. The summed E-state index contributed by atoms with van der Waals surface area (Å²) in [6.07, 6.45) is 7.61. The van der Waals surface area contributed by atoms with Crippen LogP contribution in [0.5, 0.6) is 5.75 Å². The Balaban J connectivity index is 1.59. The molecule has 1 saturated heterocycles. The molecule has 0 aliphatic carbocycles. The lowest BCUT2D eigenvalue weighted by molar-refractivity contribution is 0.477. The van der Waals surface area contributed by atoms with Crippen LogP contribution in [0.15, 0.2) is 47.3 Å². The Kier molecular flexibility index (Phi) is 5.54. The number of nitrogens with zero attached hydrogens (tertiary/aromatic N) is 4. The molecule has 1 aliphatic heterocycles. The maximum Gasteiger partial charge on any atom is 0.347 e. The van der Waals surface area contributed by atoms with Crippen molar-refractivity contribution in [1.29, 1.82) is 0 Å². The quantitative estimate of drug-likeness (QED) is 0.454. The van der Waals surface area contributed by atoms with E-state index in [9.17, 15) is 14.3 Å². The number of hydrogen-bond acceptors (Lipinski definition) is 4. The van der Waals surface area contributed by atoms with Crippen molar-refractivity contribution in [1.82, 2.24) is 14.1 Å². The average Bonchev–Trinajstić information content (AvgIpc) is 3.46. The molecule has 1 aliphatic rings. The molecule has 0 unspecified atom stereocenters. The summed E-state index contributed by atoms with van der Waals surface area (Å²) in [5.41, 5.74) is 2.76. The fourth-order valence-corrected chi connectivity index (χ4v) is 4.61. The molecule has 1 fully saturated rings. The van der Waals surface area contributed by atoms with Crippen molar-refractivity contribution < 1.29 is 9.50 Å². The maximum absolute atomic E-state index is 14.8. The van der Waals surface area contributed by atoms with Gasteiger partial charge in [0.1, 0.15) is 17.4 Å². The number of aryl methyl sites for hydroxylation is 1. The summed E-state index contributed by atoms with van der Waals surface area (Å²) in [5.74, 6) is 0.286. The number of halogens is 2. The lowest BCUT2D eigenvalue weighted by Crippen LogP contribution is -2.21. The van der Waals surface area contributed by atoms with Crippen LogP contribution in [-0.4, -0.2) is 32.3 Å². The minimum Gasteiger partial charge on any atom is -0.507 e. The lowest BCUT2D eigenvalue weighted by atomic mass is 9.96. The summed E-state index contributed by atoms with van der Waals surface area (Å²) in [6.45, 7) is 3.75. The molecule has 0 radical (unpaired) electrons. The third-order valence-corrected chi connectivity index (χ3v) is 6.37. The van der Waals surface area contributed by atoms with Crippen molar-refractivity contribution in [2.75, 3.05) is 18.0 Å². The number of hydrogen-bond donors (Lipinski definition) is 1. The summed E-state index contributed by atoms with van der Waals surface area (Å²) >= 11 is 6.47. The molecule has 0 atom stereocenters. The van der Waals surface area contributed by atoms with E-state index in [1.807, 2.05) is 19.1 Å². The van der Waals surface area contributed by atoms with E-state index in [1.54, 1.807) is 25.2 Å². The minimum atomic E-state index is -0.484. The molecule has 3 heterocycles. The molecule has 5 rings (SSSR count). The molecule has 2 aromatic carbocycles. The molecule has 8 heteroatoms. The molecular formula is C26H22ClFN4O2. The molecular weight excluding hydrogens is 455 g/mol. The zero-order valence-corrected chi connectivity index (χ0v) is 19.5. The Labute approximate surface area is 201 Å². The highest BCUT2D eigenvalue weighted by molar-refractivity contribution is 6.32. The van der Waals surface area contributed by atoms with Gasteiger partial charge in [-0.15, -0.1) is 0 Å². The van der Waals surface area contributed by atoms with Gasteiger partial charge in [0.15, 0.2) is 0 Å². The Morgan fingerprint density at radius 2 is 1.74 bits per heavy atom. The SMILES string of the molecule is Cc1cc(-c2cc(F)cc(-c3ccc(-n4c#cn(C)c4=O)c(Cl)c3)c2O)cc(N2CCCC2)n1. The first-order valence-electron chi connectivity index (χ1n) is 11.0. The minimum absolute atomic E-state index is 0.0556. The van der Waals surface area contributed by atoms with Crippen molar-refractivity contribution in [3.63, 3.8) is 0 Å². The number of rotatable bonds is 4. The van der Waals surface area contributed by atoms with E-state index < -0.39 is 5.82 Å². The van der Waals surface area contributed by atoms with Gasteiger partial charge in [-0.1, -0.05) is 17.7 Å². The molecule has 0 spiro atoms. The van der Waals surface area contributed by atoms with E-state index in [1.165, 1.54) is 21.3 Å². The Morgan fingerprint density at radius 3 is 2.38 bits per heavy atom. The topological polar surface area (TPSA) is 63.3 Å². The number of phenols is 1. The monoisotopic (exact) mass is 476 g/mol. The molecule has 6 nitrogen and oxygen atoms in total. The predicted octanol–water partition coefficient (Wildman–Crippen LogP) is 4.91. The van der Waals surface area contributed by atoms with Gasteiger partial charge in [0, 0.05) is 49.4 Å². The van der Waals surface area contributed by atoms with E-state index in [4.69, 9.17) is 11.6 Å².